The number of fused-ring (bicyclic) bond motifs is 1. The largest absolute Gasteiger partial charge is 0.453 e. The summed E-state index contributed by atoms with van der Waals surface area (Å²) in [4.78, 5) is 84.0. The molecule has 4 aromatic carbocycles. The van der Waals surface area contributed by atoms with E-state index in [1.54, 1.807) is 35.4 Å². The Labute approximate surface area is 358 Å². The number of benzene rings is 4. The lowest BCUT2D eigenvalue weighted by molar-refractivity contribution is -0.136. The minimum atomic E-state index is -1.05. The van der Waals surface area contributed by atoms with Crippen LogP contribution in [0, 0.1) is 5.92 Å². The van der Waals surface area contributed by atoms with Crippen LogP contribution in [0.15, 0.2) is 103 Å². The van der Waals surface area contributed by atoms with E-state index in [1.165, 1.54) is 19.1 Å². The molecule has 0 radical (unpaired) electrons. The number of Topliss-reactive ketones (excluding diaryl/α,β-unsaturated/α-hetero) is 1. The molecule has 4 N–H and O–H groups in total. The standard InChI is InChI=1S/C47H48N8O7/c1-27(2)40(52-46(59)61-3)44(57)54-20-8-11-38(54)42-48-24-36(50-42)29-14-12-28(13-15-29)31-16-17-33-22-34(19-18-32(33)21-31)37-25-49-43(51-37)39-23-35(56)26-55(39)45(58)41(53-47(60)62-4)30-9-6-5-7-10-30/h5-7,9-10,12-19,21-22,24-25,27,38-41H,8,11,20,23,26H2,1-4H3,(H,48,50)(H,49,51)(H,52,59)(H,53,60)/t38-,39-,40-,41?/m0/s1. The van der Waals surface area contributed by atoms with Crippen molar-refractivity contribution in [1.82, 2.24) is 40.4 Å². The quantitative estimate of drug-likeness (QED) is 0.104. The monoisotopic (exact) mass is 836 g/mol. The van der Waals surface area contributed by atoms with Gasteiger partial charge in [-0.1, -0.05) is 92.7 Å². The number of imidazole rings is 2. The van der Waals surface area contributed by atoms with Gasteiger partial charge in [-0.2, -0.15) is 0 Å². The number of aromatic amines is 2. The van der Waals surface area contributed by atoms with Gasteiger partial charge in [0.1, 0.15) is 23.7 Å². The third kappa shape index (κ3) is 8.51. The molecule has 8 rings (SSSR count). The Morgan fingerprint density at radius 2 is 1.27 bits per heavy atom. The number of hydrogen-bond donors (Lipinski definition) is 4. The number of amides is 4. The highest BCUT2D eigenvalue weighted by Crippen LogP contribution is 2.36. The summed E-state index contributed by atoms with van der Waals surface area (Å²) in [5, 5.41) is 7.38. The van der Waals surface area contributed by atoms with Crippen LogP contribution >= 0.6 is 0 Å². The second-order valence-electron chi connectivity index (χ2n) is 15.9. The van der Waals surface area contributed by atoms with Crippen LogP contribution in [0.2, 0.25) is 0 Å². The van der Waals surface area contributed by atoms with Crippen molar-refractivity contribution in [3.63, 3.8) is 0 Å². The first-order valence-electron chi connectivity index (χ1n) is 20.6. The molecule has 2 aromatic heterocycles. The lowest BCUT2D eigenvalue weighted by Crippen LogP contribution is -2.51. The number of hydrogen-bond acceptors (Lipinski definition) is 9. The number of aromatic nitrogens is 4. The summed E-state index contributed by atoms with van der Waals surface area (Å²) in [6, 6.07) is 26.8. The van der Waals surface area contributed by atoms with Crippen molar-refractivity contribution in [3.8, 4) is 33.6 Å². The first kappa shape index (κ1) is 41.4. The SMILES string of the molecule is COC(=O)NC(C(=O)N1CC(=O)C[C@H]1c1nc(-c2ccc3cc(-c4ccc(-c5c[nH]c([C@@H]6CCCN6C(=O)[C@@H](NC(=O)OC)C(C)C)n5)cc4)ccc3c2)c[nH]1)c1ccccc1. The minimum absolute atomic E-state index is 0.0990. The number of H-pyrrole nitrogens is 2. The average molecular weight is 837 g/mol. The Morgan fingerprint density at radius 3 is 1.94 bits per heavy atom. The summed E-state index contributed by atoms with van der Waals surface area (Å²) in [7, 11) is 2.52. The van der Waals surface area contributed by atoms with E-state index in [2.05, 4.69) is 57.0 Å². The highest BCUT2D eigenvalue weighted by Gasteiger charge is 2.41. The van der Waals surface area contributed by atoms with Crippen LogP contribution in [0.25, 0.3) is 44.4 Å². The molecule has 2 fully saturated rings. The Hall–Kier alpha value is -7.29. The van der Waals surface area contributed by atoms with E-state index in [4.69, 9.17) is 19.4 Å². The number of nitrogens with zero attached hydrogens (tertiary/aromatic N) is 4. The van der Waals surface area contributed by atoms with Crippen molar-refractivity contribution in [3.05, 3.63) is 121 Å². The van der Waals surface area contributed by atoms with Gasteiger partial charge in [0.2, 0.25) is 5.91 Å². The van der Waals surface area contributed by atoms with Crippen LogP contribution < -0.4 is 10.6 Å². The Balaban J connectivity index is 0.953. The molecule has 0 spiro atoms. The van der Waals surface area contributed by atoms with Crippen LogP contribution in [0.3, 0.4) is 0 Å². The number of carbonyl (C=O) groups is 5. The van der Waals surface area contributed by atoms with E-state index < -0.39 is 36.2 Å². The number of nitrogens with one attached hydrogen (secondary N) is 4. The molecular formula is C47H48N8O7. The molecule has 318 valence electrons. The molecule has 0 saturated carbocycles. The molecular weight excluding hydrogens is 789 g/mol. The predicted octanol–water partition coefficient (Wildman–Crippen LogP) is 7.27. The van der Waals surface area contributed by atoms with Gasteiger partial charge in [-0.25, -0.2) is 19.6 Å². The maximum atomic E-state index is 13.9. The normalized spacial score (nSPS) is 17.3. The summed E-state index contributed by atoms with van der Waals surface area (Å²) < 4.78 is 9.55. The number of methoxy groups -OCH3 is 2. The zero-order valence-electron chi connectivity index (χ0n) is 34.9. The fraction of sp³-hybridized carbons (Fsp3) is 0.298. The number of likely N-dealkylation sites (tertiary alicyclic amines) is 2. The van der Waals surface area contributed by atoms with E-state index in [0.717, 1.165) is 51.6 Å². The van der Waals surface area contributed by atoms with Gasteiger partial charge < -0.3 is 39.9 Å². The third-order valence-corrected chi connectivity index (χ3v) is 11.7. The van der Waals surface area contributed by atoms with E-state index in [9.17, 15) is 24.0 Å². The molecule has 1 unspecified atom stereocenters. The first-order valence-corrected chi connectivity index (χ1v) is 20.6. The van der Waals surface area contributed by atoms with Gasteiger partial charge in [0, 0.05) is 36.5 Å². The lowest BCUT2D eigenvalue weighted by Gasteiger charge is -2.29. The van der Waals surface area contributed by atoms with Crippen molar-refractivity contribution in [2.45, 2.75) is 57.3 Å². The van der Waals surface area contributed by atoms with Crippen LogP contribution in [0.4, 0.5) is 9.59 Å². The summed E-state index contributed by atoms with van der Waals surface area (Å²) in [5.74, 6) is 0.386. The number of alkyl carbamates (subject to hydrolysis) is 2. The average Bonchev–Trinajstić information content (AvgIpc) is 4.14. The summed E-state index contributed by atoms with van der Waals surface area (Å²) in [6.45, 7) is 4.27. The van der Waals surface area contributed by atoms with Gasteiger partial charge in [0.15, 0.2) is 5.78 Å². The molecule has 0 bridgehead atoms. The molecule has 4 atom stereocenters. The predicted molar refractivity (Wildman–Crippen MR) is 231 cm³/mol. The van der Waals surface area contributed by atoms with E-state index in [0.29, 0.717) is 29.5 Å². The molecule has 2 saturated heterocycles. The summed E-state index contributed by atoms with van der Waals surface area (Å²) in [5.41, 5.74) is 5.91. The van der Waals surface area contributed by atoms with Gasteiger partial charge in [0.05, 0.1) is 44.2 Å². The fourth-order valence-corrected chi connectivity index (χ4v) is 8.36. The number of rotatable bonds is 11. The van der Waals surface area contributed by atoms with Crippen molar-refractivity contribution in [1.29, 1.82) is 0 Å². The van der Waals surface area contributed by atoms with Crippen LogP contribution in [-0.2, 0) is 23.9 Å². The zero-order chi connectivity index (χ0) is 43.5. The lowest BCUT2D eigenvalue weighted by atomic mass is 9.98. The number of ketones is 1. The third-order valence-electron chi connectivity index (χ3n) is 11.7. The molecule has 6 aromatic rings. The van der Waals surface area contributed by atoms with Crippen LogP contribution in [0.1, 0.15) is 68.4 Å². The smallest absolute Gasteiger partial charge is 0.407 e. The van der Waals surface area contributed by atoms with Gasteiger partial charge in [-0.05, 0) is 58.4 Å². The van der Waals surface area contributed by atoms with Gasteiger partial charge >= 0.3 is 12.2 Å². The Morgan fingerprint density at radius 1 is 0.694 bits per heavy atom. The maximum absolute atomic E-state index is 13.9. The fourth-order valence-electron chi connectivity index (χ4n) is 8.36. The Bertz CT molecular complexity index is 2620. The van der Waals surface area contributed by atoms with Gasteiger partial charge in [0.25, 0.3) is 5.91 Å². The first-order chi connectivity index (χ1) is 30.0. The topological polar surface area (TPSA) is 192 Å². The van der Waals surface area contributed by atoms with E-state index >= 15 is 0 Å². The molecule has 15 heteroatoms. The van der Waals surface area contributed by atoms with Crippen molar-refractivity contribution in [2.75, 3.05) is 27.3 Å². The van der Waals surface area contributed by atoms with Crippen molar-refractivity contribution >= 4 is 40.6 Å². The van der Waals surface area contributed by atoms with E-state index in [1.807, 2.05) is 50.4 Å². The minimum Gasteiger partial charge on any atom is -0.453 e. The number of ether oxygens (including phenoxy) is 2. The van der Waals surface area contributed by atoms with Crippen molar-refractivity contribution < 1.29 is 33.4 Å². The number of carbonyl (C=O) groups excluding carboxylic acids is 5. The second kappa shape index (κ2) is 17.7. The van der Waals surface area contributed by atoms with Gasteiger partial charge in [-0.15, -0.1) is 0 Å². The van der Waals surface area contributed by atoms with E-state index in [-0.39, 0.29) is 36.6 Å². The highest BCUT2D eigenvalue weighted by molar-refractivity contribution is 5.94. The summed E-state index contributed by atoms with van der Waals surface area (Å²) in [6.07, 6.45) is 3.96. The maximum Gasteiger partial charge on any atom is 0.407 e. The Kier molecular flexibility index (Phi) is 11.9. The molecule has 4 heterocycles. The molecule has 15 nitrogen and oxygen atoms in total. The molecule has 2 aliphatic heterocycles. The molecule has 0 aliphatic carbocycles. The van der Waals surface area contributed by atoms with Crippen LogP contribution in [-0.4, -0.2) is 92.9 Å². The van der Waals surface area contributed by atoms with Crippen LogP contribution in [0.5, 0.6) is 0 Å². The van der Waals surface area contributed by atoms with Crippen molar-refractivity contribution in [2.24, 2.45) is 5.92 Å². The second-order valence-corrected chi connectivity index (χ2v) is 15.9. The molecule has 62 heavy (non-hydrogen) atoms. The summed E-state index contributed by atoms with van der Waals surface area (Å²) >= 11 is 0. The van der Waals surface area contributed by atoms with Gasteiger partial charge in [-0.3, -0.25) is 14.4 Å². The highest BCUT2D eigenvalue weighted by atomic mass is 16.5. The molecule has 2 aliphatic rings. The molecule has 4 amide bonds. The zero-order valence-corrected chi connectivity index (χ0v) is 34.9.